The van der Waals surface area contributed by atoms with E-state index >= 15 is 0 Å². The Morgan fingerprint density at radius 3 is 2.22 bits per heavy atom. The lowest BCUT2D eigenvalue weighted by Crippen LogP contribution is -3.00. The molecule has 0 unspecified atom stereocenters. The van der Waals surface area contributed by atoms with Crippen LogP contribution in [0.15, 0.2) is 42.5 Å². The first-order valence-corrected chi connectivity index (χ1v) is 5.88. The zero-order valence-corrected chi connectivity index (χ0v) is 13.0. The predicted octanol–water partition coefficient (Wildman–Crippen LogP) is 0.522. The fourth-order valence-electron chi connectivity index (χ4n) is 2.25. The molecule has 0 aliphatic heterocycles. The number of benzene rings is 2. The smallest absolute Gasteiger partial charge is 0.132 e. The highest BCUT2D eigenvalue weighted by molar-refractivity contribution is 6.08. The van der Waals surface area contributed by atoms with Crippen molar-refractivity contribution >= 4 is 27.5 Å². The fraction of sp³-hybridized carbons (Fsp3) is 0.200. The Morgan fingerprint density at radius 2 is 1.50 bits per heavy atom. The van der Waals surface area contributed by atoms with Crippen LogP contribution in [-0.4, -0.2) is 26.1 Å². The highest BCUT2D eigenvalue weighted by Gasteiger charge is 2.13. The molecule has 1 N–H and O–H groups in total. The first-order chi connectivity index (χ1) is 8.05. The van der Waals surface area contributed by atoms with Gasteiger partial charge in [-0.1, -0.05) is 18.2 Å². The summed E-state index contributed by atoms with van der Waals surface area (Å²) < 4.78 is 0.843. The molecule has 2 nitrogen and oxygen atoms in total. The van der Waals surface area contributed by atoms with Gasteiger partial charge in [0.1, 0.15) is 5.69 Å². The van der Waals surface area contributed by atoms with E-state index in [9.17, 15) is 0 Å². The van der Waals surface area contributed by atoms with Gasteiger partial charge in [-0.25, -0.2) is 0 Å². The molecule has 3 rings (SSSR count). The van der Waals surface area contributed by atoms with Gasteiger partial charge in [-0.05, 0) is 12.1 Å². The molecule has 2 aromatic carbocycles. The number of aromatic nitrogens is 1. The van der Waals surface area contributed by atoms with Gasteiger partial charge in [-0.15, -0.1) is 0 Å². The predicted molar refractivity (Wildman–Crippen MR) is 75.4 cm³/mol. The van der Waals surface area contributed by atoms with E-state index in [1.807, 2.05) is 0 Å². The third kappa shape index (κ3) is 2.12. The normalized spacial score (nSPS) is 11.7. The maximum Gasteiger partial charge on any atom is 0.132 e. The van der Waals surface area contributed by atoms with Gasteiger partial charge in [0.2, 0.25) is 0 Å². The Kier molecular flexibility index (Phi) is 3.38. The molecule has 1 heterocycles. The average Bonchev–Trinajstić information content (AvgIpc) is 2.65. The van der Waals surface area contributed by atoms with Gasteiger partial charge in [-0.2, -0.15) is 0 Å². The van der Waals surface area contributed by atoms with Gasteiger partial charge in [0.25, 0.3) is 0 Å². The maximum absolute atomic E-state index is 3.45. The number of para-hydroxylation sites is 1. The number of nitrogens with zero attached hydrogens (tertiary/aromatic N) is 1. The molecule has 18 heavy (non-hydrogen) atoms. The van der Waals surface area contributed by atoms with Crippen LogP contribution in [0.3, 0.4) is 0 Å². The Bertz CT molecular complexity index is 692. The summed E-state index contributed by atoms with van der Waals surface area (Å²) in [7, 11) is 6.57. The van der Waals surface area contributed by atoms with Crippen molar-refractivity contribution in [3.05, 3.63) is 42.5 Å². The van der Waals surface area contributed by atoms with Crippen molar-refractivity contribution in [1.82, 2.24) is 9.47 Å². The largest absolute Gasteiger partial charge is 1.00 e. The van der Waals surface area contributed by atoms with Crippen LogP contribution < -0.4 is 28.5 Å². The van der Waals surface area contributed by atoms with E-state index in [1.165, 1.54) is 27.5 Å². The van der Waals surface area contributed by atoms with Gasteiger partial charge in [0.05, 0.1) is 21.1 Å². The topological polar surface area (TPSA) is 15.8 Å². The number of fused-ring (bicyclic) bond motifs is 3. The second kappa shape index (κ2) is 4.55. The van der Waals surface area contributed by atoms with Crippen LogP contribution in [0.2, 0.25) is 0 Å². The maximum atomic E-state index is 3.45. The van der Waals surface area contributed by atoms with E-state index in [0.29, 0.717) is 0 Å². The Morgan fingerprint density at radius 1 is 0.833 bits per heavy atom. The molecule has 0 aliphatic carbocycles. The Labute approximate surface area is 124 Å². The molecule has 94 valence electrons. The molecular weight excluding hydrogens is 335 g/mol. The summed E-state index contributed by atoms with van der Waals surface area (Å²) in [4.78, 5) is 3.45. The molecule has 0 bridgehead atoms. The van der Waals surface area contributed by atoms with Crippen LogP contribution in [0.4, 0.5) is 5.69 Å². The van der Waals surface area contributed by atoms with E-state index in [0.717, 1.165) is 4.48 Å². The van der Waals surface area contributed by atoms with E-state index in [4.69, 9.17) is 0 Å². The number of rotatable bonds is 1. The number of halogens is 1. The minimum absolute atomic E-state index is 0. The third-order valence-electron chi connectivity index (χ3n) is 3.26. The van der Waals surface area contributed by atoms with Crippen molar-refractivity contribution in [2.24, 2.45) is 0 Å². The summed E-state index contributed by atoms with van der Waals surface area (Å²) in [6, 6.07) is 15.1. The number of quaternary nitrogens is 1. The molecule has 0 radical (unpaired) electrons. The van der Waals surface area contributed by atoms with Crippen LogP contribution in [0.5, 0.6) is 0 Å². The van der Waals surface area contributed by atoms with Crippen molar-refractivity contribution in [3.63, 3.8) is 0 Å². The second-order valence-corrected chi connectivity index (χ2v) is 5.41. The molecule has 0 amide bonds. The lowest BCUT2D eigenvalue weighted by molar-refractivity contribution is -0.00000367. The van der Waals surface area contributed by atoms with Crippen LogP contribution in [-0.2, 0) is 0 Å². The monoisotopic (exact) mass is 352 g/mol. The average molecular weight is 352 g/mol. The van der Waals surface area contributed by atoms with Crippen molar-refractivity contribution in [3.8, 4) is 0 Å². The minimum atomic E-state index is 0. The Hall–Kier alpha value is -1.07. The molecule has 0 atom stereocenters. The van der Waals surface area contributed by atoms with E-state index in [-0.39, 0.29) is 24.0 Å². The third-order valence-corrected chi connectivity index (χ3v) is 3.26. The molecular formula is C15H17IN2. The molecule has 3 heteroatoms. The lowest BCUT2D eigenvalue weighted by atomic mass is 10.1. The summed E-state index contributed by atoms with van der Waals surface area (Å²) >= 11 is 0. The number of hydrogen-bond acceptors (Lipinski definition) is 0. The van der Waals surface area contributed by atoms with Gasteiger partial charge < -0.3 is 29.0 Å². The van der Waals surface area contributed by atoms with Crippen molar-refractivity contribution in [2.45, 2.75) is 0 Å². The first kappa shape index (κ1) is 13.4. The molecule has 0 fully saturated rings. The summed E-state index contributed by atoms with van der Waals surface area (Å²) in [6.07, 6.45) is 0. The van der Waals surface area contributed by atoms with Crippen molar-refractivity contribution in [2.75, 3.05) is 21.1 Å². The molecule has 0 spiro atoms. The number of H-pyrrole nitrogens is 1. The molecule has 0 aliphatic rings. The Balaban J connectivity index is 0.00000120. The molecule has 0 saturated carbocycles. The SMILES string of the molecule is C[N+](C)(C)c1ccc2[nH]c3ccccc3c2c1.[I-]. The van der Waals surface area contributed by atoms with Gasteiger partial charge in [0, 0.05) is 33.9 Å². The van der Waals surface area contributed by atoms with Crippen LogP contribution in [0.25, 0.3) is 21.8 Å². The van der Waals surface area contributed by atoms with Gasteiger partial charge in [-0.3, -0.25) is 4.48 Å². The quantitative estimate of drug-likeness (QED) is 0.486. The van der Waals surface area contributed by atoms with Crippen LogP contribution in [0, 0.1) is 0 Å². The number of nitrogens with one attached hydrogen (secondary N) is 1. The highest BCUT2D eigenvalue weighted by atomic mass is 127. The summed E-state index contributed by atoms with van der Waals surface area (Å²) in [5, 5.41) is 2.61. The summed E-state index contributed by atoms with van der Waals surface area (Å²) in [6.45, 7) is 0. The van der Waals surface area contributed by atoms with Gasteiger partial charge >= 0.3 is 0 Å². The lowest BCUT2D eigenvalue weighted by Gasteiger charge is -2.23. The summed E-state index contributed by atoms with van der Waals surface area (Å²) in [5.41, 5.74) is 3.74. The summed E-state index contributed by atoms with van der Waals surface area (Å²) in [5.74, 6) is 0. The first-order valence-electron chi connectivity index (χ1n) is 5.88. The van der Waals surface area contributed by atoms with Crippen molar-refractivity contribution < 1.29 is 24.0 Å². The molecule has 3 aromatic rings. The number of aromatic amines is 1. The van der Waals surface area contributed by atoms with E-state index in [2.05, 4.69) is 68.6 Å². The van der Waals surface area contributed by atoms with Crippen molar-refractivity contribution in [1.29, 1.82) is 0 Å². The zero-order valence-electron chi connectivity index (χ0n) is 10.9. The minimum Gasteiger partial charge on any atom is -1.00 e. The standard InChI is InChI=1S/C15H17N2.HI/c1-17(2,3)11-8-9-15-13(10-11)12-6-4-5-7-14(12)16-15;/h4-10,16H,1-3H3;1H/q+1;/p-1. The second-order valence-electron chi connectivity index (χ2n) is 5.41. The molecule has 1 aromatic heterocycles. The van der Waals surface area contributed by atoms with Crippen LogP contribution >= 0.6 is 0 Å². The molecule has 0 saturated heterocycles. The van der Waals surface area contributed by atoms with E-state index < -0.39 is 0 Å². The highest BCUT2D eigenvalue weighted by Crippen LogP contribution is 2.29. The van der Waals surface area contributed by atoms with Crippen LogP contribution in [0.1, 0.15) is 0 Å². The van der Waals surface area contributed by atoms with E-state index in [1.54, 1.807) is 0 Å². The fourth-order valence-corrected chi connectivity index (χ4v) is 2.25. The number of hydrogen-bond donors (Lipinski definition) is 1. The van der Waals surface area contributed by atoms with Gasteiger partial charge in [0.15, 0.2) is 0 Å². The zero-order chi connectivity index (χ0) is 12.0.